The van der Waals surface area contributed by atoms with Gasteiger partial charge in [0.05, 0.1) is 0 Å². The molecule has 0 unspecified atom stereocenters. The fourth-order valence-corrected chi connectivity index (χ4v) is 11.1. The van der Waals surface area contributed by atoms with Crippen molar-refractivity contribution in [3.8, 4) is 0 Å². The normalized spacial score (nSPS) is 16.1. The fourth-order valence-electron chi connectivity index (χ4n) is 8.19. The molecular formula is C50H69O5PS. The van der Waals surface area contributed by atoms with Crippen molar-refractivity contribution in [3.63, 3.8) is 0 Å². The van der Waals surface area contributed by atoms with Crippen LogP contribution < -0.4 is 5.30 Å². The summed E-state index contributed by atoms with van der Waals surface area (Å²) in [4.78, 5) is 39.4. The fraction of sp³-hybridized carbons (Fsp3) is 0.500. The minimum atomic E-state index is -6.07. The van der Waals surface area contributed by atoms with E-state index in [2.05, 4.69) is 140 Å². The Morgan fingerprint density at radius 1 is 0.474 bits per heavy atom. The molecule has 1 aliphatic carbocycles. The summed E-state index contributed by atoms with van der Waals surface area (Å²) in [5.74, 6) is 0. The first-order valence-electron chi connectivity index (χ1n) is 20.3. The molecule has 0 fully saturated rings. The van der Waals surface area contributed by atoms with Crippen molar-refractivity contribution in [2.75, 3.05) is 0 Å². The second kappa shape index (κ2) is 13.7. The van der Waals surface area contributed by atoms with E-state index < -0.39 is 28.4 Å². The molecule has 0 saturated carbocycles. The van der Waals surface area contributed by atoms with E-state index in [0.29, 0.717) is 16.7 Å². The van der Waals surface area contributed by atoms with Crippen LogP contribution in [-0.2, 0) is 42.8 Å². The summed E-state index contributed by atoms with van der Waals surface area (Å²) in [7, 11) is -8.65. The predicted molar refractivity (Wildman–Crippen MR) is 248 cm³/mol. The first kappa shape index (κ1) is 45.0. The molecule has 1 aliphatic rings. The Morgan fingerprint density at radius 3 is 1.26 bits per heavy atom. The molecule has 3 N–H and O–H groups in total. The summed E-state index contributed by atoms with van der Waals surface area (Å²) in [5, 5.41) is 3.90. The van der Waals surface area contributed by atoms with Crippen molar-refractivity contribution < 1.29 is 23.1 Å². The summed E-state index contributed by atoms with van der Waals surface area (Å²) in [5.41, 5.74) is 5.36. The summed E-state index contributed by atoms with van der Waals surface area (Å²) >= 11 is 0. The molecule has 5 nitrogen and oxygen atoms in total. The van der Waals surface area contributed by atoms with Gasteiger partial charge in [0.1, 0.15) is 0 Å². The first-order chi connectivity index (χ1) is 25.4. The molecule has 0 atom stereocenters. The number of rotatable bonds is 3. The van der Waals surface area contributed by atoms with Crippen LogP contribution in [0.1, 0.15) is 170 Å². The first-order valence-corrected chi connectivity index (χ1v) is 23.5. The van der Waals surface area contributed by atoms with Crippen LogP contribution in [0.25, 0.3) is 27.1 Å². The molecule has 7 heteroatoms. The molecule has 0 amide bonds. The van der Waals surface area contributed by atoms with E-state index >= 15 is 0 Å². The van der Waals surface area contributed by atoms with Crippen molar-refractivity contribution in [1.29, 1.82) is 0 Å². The summed E-state index contributed by atoms with van der Waals surface area (Å²) < 4.78 is 25.4. The van der Waals surface area contributed by atoms with Gasteiger partial charge in [0.25, 0.3) is 0 Å². The molecule has 4 aromatic rings. The van der Waals surface area contributed by atoms with Gasteiger partial charge in [-0.05, 0) is 0 Å². The molecule has 4 aromatic carbocycles. The molecule has 0 radical (unpaired) electrons. The second-order valence-corrected chi connectivity index (χ2v) is 26.7. The van der Waals surface area contributed by atoms with Gasteiger partial charge in [0, 0.05) is 0 Å². The van der Waals surface area contributed by atoms with Gasteiger partial charge in [0.15, 0.2) is 0 Å². The van der Waals surface area contributed by atoms with Crippen molar-refractivity contribution in [1.82, 2.24) is 0 Å². The Labute approximate surface area is 345 Å². The maximum atomic E-state index is 13.1. The molecule has 310 valence electrons. The molecule has 57 heavy (non-hydrogen) atoms. The molecule has 0 aromatic heterocycles. The van der Waals surface area contributed by atoms with E-state index in [1.54, 1.807) is 6.07 Å². The van der Waals surface area contributed by atoms with Crippen LogP contribution in [0.3, 0.4) is 0 Å². The average molecular weight is 813 g/mol. The van der Waals surface area contributed by atoms with Gasteiger partial charge in [-0.25, -0.2) is 0 Å². The maximum absolute atomic E-state index is 13.1. The zero-order chi connectivity index (χ0) is 43.5. The van der Waals surface area contributed by atoms with Crippen molar-refractivity contribution in [3.05, 3.63) is 105 Å². The van der Waals surface area contributed by atoms with Crippen LogP contribution in [0, 0.1) is 0 Å². The zero-order valence-electron chi connectivity index (χ0n) is 38.0. The third kappa shape index (κ3) is 8.64. The van der Waals surface area contributed by atoms with Gasteiger partial charge in [-0.1, -0.05) is 0 Å². The van der Waals surface area contributed by atoms with Gasteiger partial charge in [0.2, 0.25) is 0 Å². The van der Waals surface area contributed by atoms with Crippen molar-refractivity contribution >= 4 is 54.9 Å². The van der Waals surface area contributed by atoms with E-state index in [-0.39, 0.29) is 43.6 Å². The standard InChI is InChI=1S/C50H69O5PS/c1-45(2,3)32-21-30-23-39(47(7,8)9)37(28-35(30)40(25-32)48(10,11)12)38-27-34(57(54)55)19-20-43(38)56(51,52,53)44-29-36-31(24-42(44)50(16,17)18)22-33(46(4,5)6)26-41(36)49(13,14)15/h19-26,28-29,51-53H,27H2,1-18H3. The molecular weight excluding hydrogens is 744 g/mol. The van der Waals surface area contributed by atoms with Gasteiger partial charge >= 0.3 is 346 Å². The van der Waals surface area contributed by atoms with Crippen LogP contribution in [0.4, 0.5) is 0 Å². The number of allylic oxidation sites excluding steroid dienone is 4. The number of hydrogen-bond donors (Lipinski definition) is 3. The molecule has 0 spiro atoms. The van der Waals surface area contributed by atoms with Gasteiger partial charge in [-0.2, -0.15) is 0 Å². The Kier molecular flexibility index (Phi) is 10.8. The topological polar surface area (TPSA) is 94.8 Å². The summed E-state index contributed by atoms with van der Waals surface area (Å²) in [6, 6.07) is 17.0. The second-order valence-electron chi connectivity index (χ2n) is 22.8. The molecule has 0 heterocycles. The molecule has 5 rings (SSSR count). The summed E-state index contributed by atoms with van der Waals surface area (Å²) in [6.45, 7) is 38.6. The van der Waals surface area contributed by atoms with E-state index in [0.717, 1.165) is 38.2 Å². The number of hydrogen-bond acceptors (Lipinski definition) is 5. The van der Waals surface area contributed by atoms with Crippen molar-refractivity contribution in [2.24, 2.45) is 0 Å². The third-order valence-corrected chi connectivity index (χ3v) is 14.9. The monoisotopic (exact) mass is 812 g/mol. The Balaban J connectivity index is 2.03. The van der Waals surface area contributed by atoms with Gasteiger partial charge < -0.3 is 0 Å². The van der Waals surface area contributed by atoms with E-state index in [1.807, 2.05) is 26.8 Å². The van der Waals surface area contributed by atoms with E-state index in [1.165, 1.54) is 23.3 Å². The minimum absolute atomic E-state index is 0.0443. The third-order valence-electron chi connectivity index (χ3n) is 11.6. The Morgan fingerprint density at radius 2 is 0.877 bits per heavy atom. The summed E-state index contributed by atoms with van der Waals surface area (Å²) in [6.07, 6.45) is 2.74. The average Bonchev–Trinajstić information content (AvgIpc) is 3.02. The van der Waals surface area contributed by atoms with Crippen LogP contribution in [-0.4, -0.2) is 28.0 Å². The predicted octanol–water partition coefficient (Wildman–Crippen LogP) is 12.1. The Hall–Kier alpha value is -3.12. The molecule has 0 aliphatic heterocycles. The SMILES string of the molecule is CC(C)(C)c1cc(C(C)(C)C)c2cc(C3=C(P(O)(O)(O)c4cc5c(C(C)(C)C)cc(C(C)(C)C)cc5cc4C(C)(C)C)C=CC(=S(=O)=O)C3)c(C(C)(C)C)cc2c1. The Bertz CT molecular complexity index is 2510. The van der Waals surface area contributed by atoms with Crippen LogP contribution in [0.15, 0.2) is 66.0 Å². The zero-order valence-corrected chi connectivity index (χ0v) is 39.7. The van der Waals surface area contributed by atoms with Gasteiger partial charge in [-0.3, -0.25) is 0 Å². The number of fused-ring (bicyclic) bond motifs is 2. The molecule has 0 saturated heterocycles. The van der Waals surface area contributed by atoms with Gasteiger partial charge in [-0.15, -0.1) is 0 Å². The van der Waals surface area contributed by atoms with E-state index in [9.17, 15) is 23.1 Å². The van der Waals surface area contributed by atoms with Crippen LogP contribution in [0.5, 0.6) is 0 Å². The number of benzene rings is 4. The quantitative estimate of drug-likeness (QED) is 0.141. The van der Waals surface area contributed by atoms with Crippen molar-refractivity contribution in [2.45, 2.75) is 164 Å². The van der Waals surface area contributed by atoms with Crippen LogP contribution in [0.2, 0.25) is 0 Å². The van der Waals surface area contributed by atoms with E-state index in [4.69, 9.17) is 0 Å². The van der Waals surface area contributed by atoms with Crippen LogP contribution >= 0.6 is 7.28 Å². The molecule has 0 bridgehead atoms.